The van der Waals surface area contributed by atoms with Crippen LogP contribution in [-0.2, 0) is 13.0 Å². The van der Waals surface area contributed by atoms with Gasteiger partial charge >= 0.3 is 0 Å². The highest BCUT2D eigenvalue weighted by Crippen LogP contribution is 2.20. The Morgan fingerprint density at radius 3 is 2.70 bits per heavy atom. The van der Waals surface area contributed by atoms with Crippen LogP contribution >= 0.6 is 27.5 Å². The van der Waals surface area contributed by atoms with Gasteiger partial charge in [0.25, 0.3) is 0 Å². The van der Waals surface area contributed by atoms with Crippen LogP contribution in [0.2, 0.25) is 5.02 Å². The van der Waals surface area contributed by atoms with Gasteiger partial charge < -0.3 is 5.32 Å². The van der Waals surface area contributed by atoms with Crippen molar-refractivity contribution in [3.63, 3.8) is 0 Å². The minimum atomic E-state index is -0.180. The van der Waals surface area contributed by atoms with Crippen LogP contribution in [0.15, 0.2) is 40.9 Å². The zero-order valence-corrected chi connectivity index (χ0v) is 13.6. The van der Waals surface area contributed by atoms with Crippen molar-refractivity contribution in [2.45, 2.75) is 19.9 Å². The molecule has 2 aromatic rings. The molecule has 0 atom stereocenters. The molecule has 0 aliphatic carbocycles. The Labute approximate surface area is 132 Å². The van der Waals surface area contributed by atoms with Gasteiger partial charge in [0.1, 0.15) is 5.82 Å². The maximum Gasteiger partial charge on any atom is 0.123 e. The zero-order chi connectivity index (χ0) is 14.5. The third kappa shape index (κ3) is 4.30. The summed E-state index contributed by atoms with van der Waals surface area (Å²) in [7, 11) is 0. The lowest BCUT2D eigenvalue weighted by molar-refractivity contribution is 0.624. The van der Waals surface area contributed by atoms with Crippen LogP contribution in [0.3, 0.4) is 0 Å². The number of hydrogen-bond acceptors (Lipinski definition) is 1. The molecule has 2 rings (SSSR count). The molecular weight excluding hydrogens is 341 g/mol. The van der Waals surface area contributed by atoms with Gasteiger partial charge in [0.05, 0.1) is 0 Å². The molecule has 0 unspecified atom stereocenters. The Hall–Kier alpha value is -0.900. The molecule has 1 nitrogen and oxygen atoms in total. The molecule has 0 aliphatic heterocycles. The first-order valence-electron chi connectivity index (χ1n) is 6.46. The second-order valence-corrected chi connectivity index (χ2v) is 6.06. The largest absolute Gasteiger partial charge is 0.312 e. The highest BCUT2D eigenvalue weighted by molar-refractivity contribution is 9.10. The van der Waals surface area contributed by atoms with E-state index in [9.17, 15) is 4.39 Å². The van der Waals surface area contributed by atoms with Crippen LogP contribution in [0.1, 0.15) is 16.7 Å². The van der Waals surface area contributed by atoms with Gasteiger partial charge in [0.15, 0.2) is 0 Å². The van der Waals surface area contributed by atoms with Crippen molar-refractivity contribution in [1.29, 1.82) is 0 Å². The first-order valence-corrected chi connectivity index (χ1v) is 7.63. The number of nitrogens with one attached hydrogen (secondary N) is 1. The van der Waals surface area contributed by atoms with E-state index in [2.05, 4.69) is 21.2 Å². The molecule has 0 fully saturated rings. The lowest BCUT2D eigenvalue weighted by atomic mass is 10.1. The summed E-state index contributed by atoms with van der Waals surface area (Å²) in [6.45, 7) is 3.48. The summed E-state index contributed by atoms with van der Waals surface area (Å²) in [5.74, 6) is -0.180. The van der Waals surface area contributed by atoms with E-state index in [1.165, 1.54) is 11.6 Å². The molecule has 0 bridgehead atoms. The van der Waals surface area contributed by atoms with Gasteiger partial charge in [0.2, 0.25) is 0 Å². The molecule has 0 spiro atoms. The molecule has 0 heterocycles. The van der Waals surface area contributed by atoms with Gasteiger partial charge in [-0.15, -0.1) is 0 Å². The maximum atomic E-state index is 13.0. The second-order valence-electron chi connectivity index (χ2n) is 4.73. The third-order valence-electron chi connectivity index (χ3n) is 3.20. The molecule has 0 aliphatic rings. The fraction of sp³-hybridized carbons (Fsp3) is 0.250. The molecule has 4 heteroatoms. The minimum Gasteiger partial charge on any atom is -0.312 e. The molecule has 106 valence electrons. The Bertz CT molecular complexity index is 601. The number of aryl methyl sites for hydroxylation is 1. The van der Waals surface area contributed by atoms with Crippen LogP contribution in [0.4, 0.5) is 4.39 Å². The predicted molar refractivity (Wildman–Crippen MR) is 85.7 cm³/mol. The van der Waals surface area contributed by atoms with E-state index in [1.54, 1.807) is 6.07 Å². The van der Waals surface area contributed by atoms with E-state index < -0.39 is 0 Å². The molecule has 1 N–H and O–H groups in total. The summed E-state index contributed by atoms with van der Waals surface area (Å²) in [5.41, 5.74) is 3.23. The average molecular weight is 357 g/mol. The Morgan fingerprint density at radius 1 is 1.15 bits per heavy atom. The molecule has 2 aromatic carbocycles. The summed E-state index contributed by atoms with van der Waals surface area (Å²) >= 11 is 9.57. The standard InChI is InChI=1S/C16H16BrClFN/c1-11-8-15(19)4-2-12(11)6-7-20-10-13-9-14(17)3-5-16(13)18/h2-5,8-9,20H,6-7,10H2,1H3. The normalized spacial score (nSPS) is 10.8. The molecule has 0 aromatic heterocycles. The third-order valence-corrected chi connectivity index (χ3v) is 4.06. The summed E-state index contributed by atoms with van der Waals surface area (Å²) in [6.07, 6.45) is 0.873. The SMILES string of the molecule is Cc1cc(F)ccc1CCNCc1cc(Br)ccc1Cl. The predicted octanol–water partition coefficient (Wildman–Crippen LogP) is 4.88. The van der Waals surface area contributed by atoms with Gasteiger partial charge in [-0.05, 0) is 66.9 Å². The smallest absolute Gasteiger partial charge is 0.123 e. The Balaban J connectivity index is 1.86. The Morgan fingerprint density at radius 2 is 1.95 bits per heavy atom. The number of halogens is 3. The highest BCUT2D eigenvalue weighted by Gasteiger charge is 2.02. The average Bonchev–Trinajstić information content (AvgIpc) is 2.40. The molecule has 0 radical (unpaired) electrons. The first kappa shape index (κ1) is 15.5. The fourth-order valence-corrected chi connectivity index (χ4v) is 2.66. The van der Waals surface area contributed by atoms with E-state index >= 15 is 0 Å². The Kier molecular flexibility index (Phi) is 5.58. The molecule has 0 saturated heterocycles. The van der Waals surface area contributed by atoms with Crippen LogP contribution in [-0.4, -0.2) is 6.54 Å². The quantitative estimate of drug-likeness (QED) is 0.753. The highest BCUT2D eigenvalue weighted by atomic mass is 79.9. The van der Waals surface area contributed by atoms with Crippen molar-refractivity contribution in [3.8, 4) is 0 Å². The topological polar surface area (TPSA) is 12.0 Å². The van der Waals surface area contributed by atoms with Crippen molar-refractivity contribution in [1.82, 2.24) is 5.32 Å². The van der Waals surface area contributed by atoms with Gasteiger partial charge in [-0.2, -0.15) is 0 Å². The maximum absolute atomic E-state index is 13.0. The fourth-order valence-electron chi connectivity index (χ4n) is 2.06. The van der Waals surface area contributed by atoms with E-state index in [0.717, 1.165) is 40.1 Å². The van der Waals surface area contributed by atoms with E-state index in [1.807, 2.05) is 31.2 Å². The van der Waals surface area contributed by atoms with Crippen molar-refractivity contribution in [2.24, 2.45) is 0 Å². The molecular formula is C16H16BrClFN. The van der Waals surface area contributed by atoms with Gasteiger partial charge in [-0.1, -0.05) is 33.6 Å². The van der Waals surface area contributed by atoms with Crippen molar-refractivity contribution < 1.29 is 4.39 Å². The molecule has 20 heavy (non-hydrogen) atoms. The van der Waals surface area contributed by atoms with Gasteiger partial charge in [0, 0.05) is 16.0 Å². The minimum absolute atomic E-state index is 0.180. The van der Waals surface area contributed by atoms with Gasteiger partial charge in [-0.3, -0.25) is 0 Å². The van der Waals surface area contributed by atoms with Crippen LogP contribution < -0.4 is 5.32 Å². The monoisotopic (exact) mass is 355 g/mol. The van der Waals surface area contributed by atoms with Crippen molar-refractivity contribution in [2.75, 3.05) is 6.54 Å². The van der Waals surface area contributed by atoms with E-state index in [-0.39, 0.29) is 5.82 Å². The first-order chi connectivity index (χ1) is 9.56. The van der Waals surface area contributed by atoms with Crippen LogP contribution in [0, 0.1) is 12.7 Å². The number of rotatable bonds is 5. The van der Waals surface area contributed by atoms with Crippen molar-refractivity contribution >= 4 is 27.5 Å². The molecule has 0 amide bonds. The lowest BCUT2D eigenvalue weighted by Crippen LogP contribution is -2.17. The van der Waals surface area contributed by atoms with Gasteiger partial charge in [-0.25, -0.2) is 4.39 Å². The lowest BCUT2D eigenvalue weighted by Gasteiger charge is -2.09. The zero-order valence-electron chi connectivity index (χ0n) is 11.2. The summed E-state index contributed by atoms with van der Waals surface area (Å²) < 4.78 is 14.0. The number of hydrogen-bond donors (Lipinski definition) is 1. The number of benzene rings is 2. The summed E-state index contributed by atoms with van der Waals surface area (Å²) in [5, 5.41) is 4.12. The van der Waals surface area contributed by atoms with E-state index in [0.29, 0.717) is 0 Å². The second kappa shape index (κ2) is 7.21. The van der Waals surface area contributed by atoms with E-state index in [4.69, 9.17) is 11.6 Å². The van der Waals surface area contributed by atoms with Crippen LogP contribution in [0.5, 0.6) is 0 Å². The molecule has 0 saturated carbocycles. The van der Waals surface area contributed by atoms with Crippen LogP contribution in [0.25, 0.3) is 0 Å². The summed E-state index contributed by atoms with van der Waals surface area (Å²) in [4.78, 5) is 0. The summed E-state index contributed by atoms with van der Waals surface area (Å²) in [6, 6.07) is 10.7. The van der Waals surface area contributed by atoms with Crippen molar-refractivity contribution in [3.05, 3.63) is 68.4 Å².